The molecule has 8 heteroatoms. The second-order valence-electron chi connectivity index (χ2n) is 6.40. The molecule has 28 heavy (non-hydrogen) atoms. The number of aryl methyl sites for hydroxylation is 2. The average Bonchev–Trinajstić information content (AvgIpc) is 3.09. The second-order valence-corrected chi connectivity index (χ2v) is 7.31. The number of benzene rings is 1. The van der Waals surface area contributed by atoms with Crippen LogP contribution in [0.5, 0.6) is 0 Å². The molecular formula is C20H19N3O4S. The van der Waals surface area contributed by atoms with E-state index in [4.69, 9.17) is 10.5 Å². The second kappa shape index (κ2) is 7.77. The first kappa shape index (κ1) is 19.5. The molecule has 0 spiro atoms. The van der Waals surface area contributed by atoms with Gasteiger partial charge in [-0.15, -0.1) is 11.3 Å². The van der Waals surface area contributed by atoms with E-state index in [1.807, 2.05) is 25.1 Å². The van der Waals surface area contributed by atoms with E-state index in [2.05, 4.69) is 10.3 Å². The van der Waals surface area contributed by atoms with Gasteiger partial charge < -0.3 is 15.8 Å². The number of amides is 2. The van der Waals surface area contributed by atoms with E-state index in [0.29, 0.717) is 27.2 Å². The Morgan fingerprint density at radius 2 is 1.89 bits per heavy atom. The summed E-state index contributed by atoms with van der Waals surface area (Å²) >= 11 is 1.16. The Hall–Kier alpha value is -3.26. The molecule has 0 bridgehead atoms. The number of esters is 1. The van der Waals surface area contributed by atoms with Gasteiger partial charge in [-0.25, -0.2) is 4.79 Å². The van der Waals surface area contributed by atoms with Gasteiger partial charge in [0.05, 0.1) is 16.6 Å². The minimum Gasteiger partial charge on any atom is -0.449 e. The number of thiophene rings is 1. The number of aromatic nitrogens is 1. The summed E-state index contributed by atoms with van der Waals surface area (Å²) in [5.41, 5.74) is 8.16. The molecule has 0 aliphatic carbocycles. The summed E-state index contributed by atoms with van der Waals surface area (Å²) in [7, 11) is 0. The fourth-order valence-electron chi connectivity index (χ4n) is 2.73. The van der Waals surface area contributed by atoms with E-state index < -0.39 is 23.9 Å². The molecule has 2 aromatic heterocycles. The van der Waals surface area contributed by atoms with Gasteiger partial charge in [-0.1, -0.05) is 11.6 Å². The van der Waals surface area contributed by atoms with Crippen molar-refractivity contribution in [1.29, 1.82) is 0 Å². The zero-order valence-electron chi connectivity index (χ0n) is 15.6. The third-order valence-electron chi connectivity index (χ3n) is 4.13. The van der Waals surface area contributed by atoms with Crippen LogP contribution in [0.25, 0.3) is 10.9 Å². The fourth-order valence-corrected chi connectivity index (χ4v) is 3.53. The van der Waals surface area contributed by atoms with Crippen molar-refractivity contribution in [2.45, 2.75) is 26.9 Å². The number of nitrogens with two attached hydrogens (primary N) is 1. The van der Waals surface area contributed by atoms with Gasteiger partial charge in [-0.2, -0.15) is 0 Å². The molecule has 1 atom stereocenters. The molecule has 3 N–H and O–H groups in total. The summed E-state index contributed by atoms with van der Waals surface area (Å²) in [6.45, 7) is 5.17. The first-order chi connectivity index (χ1) is 13.3. The Morgan fingerprint density at radius 3 is 2.61 bits per heavy atom. The zero-order valence-corrected chi connectivity index (χ0v) is 16.4. The fraction of sp³-hybridized carbons (Fsp3) is 0.200. The number of hydrogen-bond acceptors (Lipinski definition) is 6. The molecule has 0 saturated carbocycles. The van der Waals surface area contributed by atoms with Gasteiger partial charge in [-0.3, -0.25) is 14.6 Å². The number of fused-ring (bicyclic) bond motifs is 1. The highest BCUT2D eigenvalue weighted by molar-refractivity contribution is 7.14. The van der Waals surface area contributed by atoms with Crippen LogP contribution < -0.4 is 11.1 Å². The zero-order chi connectivity index (χ0) is 20.4. The molecule has 2 amide bonds. The number of hydrogen-bond donors (Lipinski definition) is 2. The normalized spacial score (nSPS) is 11.8. The molecule has 0 aliphatic heterocycles. The van der Waals surface area contributed by atoms with E-state index >= 15 is 0 Å². The van der Waals surface area contributed by atoms with Crippen molar-refractivity contribution in [2.75, 3.05) is 5.32 Å². The Labute approximate surface area is 165 Å². The predicted molar refractivity (Wildman–Crippen MR) is 108 cm³/mol. The number of nitrogens with zero attached hydrogens (tertiary/aromatic N) is 1. The average molecular weight is 397 g/mol. The number of rotatable bonds is 5. The van der Waals surface area contributed by atoms with Crippen LogP contribution in [0.4, 0.5) is 5.00 Å². The highest BCUT2D eigenvalue weighted by atomic mass is 32.1. The summed E-state index contributed by atoms with van der Waals surface area (Å²) < 4.78 is 5.36. The maximum atomic E-state index is 12.7. The van der Waals surface area contributed by atoms with Crippen molar-refractivity contribution in [3.05, 3.63) is 58.1 Å². The van der Waals surface area contributed by atoms with Crippen LogP contribution in [-0.2, 0) is 9.53 Å². The molecule has 0 fully saturated rings. The Kier molecular flexibility index (Phi) is 5.41. The molecular weight excluding hydrogens is 378 g/mol. The maximum absolute atomic E-state index is 12.7. The van der Waals surface area contributed by atoms with Gasteiger partial charge in [0.15, 0.2) is 6.10 Å². The summed E-state index contributed by atoms with van der Waals surface area (Å²) in [4.78, 5) is 40.9. The quantitative estimate of drug-likeness (QED) is 0.642. The standard InChI is InChI=1S/C20H19N3O4S/c1-10-4-5-16-14(8-10)15(9-11(2)22-16)20(26)27-12(3)18(25)23-19-13(17(21)24)6-7-28-19/h4-9,12H,1-3H3,(H2,21,24)(H,23,25). The summed E-state index contributed by atoms with van der Waals surface area (Å²) in [6, 6.07) is 8.77. The lowest BCUT2D eigenvalue weighted by Gasteiger charge is -2.14. The summed E-state index contributed by atoms with van der Waals surface area (Å²) in [5, 5.41) is 5.20. The lowest BCUT2D eigenvalue weighted by molar-refractivity contribution is -0.123. The molecule has 144 valence electrons. The van der Waals surface area contributed by atoms with Gasteiger partial charge in [0.25, 0.3) is 11.8 Å². The molecule has 0 saturated heterocycles. The molecule has 7 nitrogen and oxygen atoms in total. The van der Waals surface area contributed by atoms with Crippen LogP contribution in [0, 0.1) is 13.8 Å². The topological polar surface area (TPSA) is 111 Å². The highest BCUT2D eigenvalue weighted by Crippen LogP contribution is 2.24. The number of ether oxygens (including phenoxy) is 1. The largest absolute Gasteiger partial charge is 0.449 e. The van der Waals surface area contributed by atoms with Crippen molar-refractivity contribution in [2.24, 2.45) is 5.73 Å². The van der Waals surface area contributed by atoms with Crippen LogP contribution in [0.3, 0.4) is 0 Å². The van der Waals surface area contributed by atoms with E-state index in [0.717, 1.165) is 16.9 Å². The van der Waals surface area contributed by atoms with E-state index in [9.17, 15) is 14.4 Å². The van der Waals surface area contributed by atoms with Gasteiger partial charge in [-0.05, 0) is 50.4 Å². The van der Waals surface area contributed by atoms with Crippen molar-refractivity contribution >= 4 is 45.0 Å². The molecule has 0 radical (unpaired) electrons. The monoisotopic (exact) mass is 397 g/mol. The van der Waals surface area contributed by atoms with Gasteiger partial charge in [0.2, 0.25) is 0 Å². The minimum atomic E-state index is -1.07. The van der Waals surface area contributed by atoms with Gasteiger partial charge in [0, 0.05) is 11.1 Å². The minimum absolute atomic E-state index is 0.211. The molecule has 2 heterocycles. The molecule has 1 unspecified atom stereocenters. The van der Waals surface area contributed by atoms with Crippen molar-refractivity contribution in [3.8, 4) is 0 Å². The number of carbonyl (C=O) groups is 3. The van der Waals surface area contributed by atoms with Gasteiger partial charge >= 0.3 is 5.97 Å². The molecule has 0 aliphatic rings. The van der Waals surface area contributed by atoms with Crippen LogP contribution in [0.1, 0.15) is 38.9 Å². The first-order valence-corrected chi connectivity index (χ1v) is 9.41. The Balaban J connectivity index is 1.80. The Bertz CT molecular complexity index is 1090. The number of primary amides is 1. The summed E-state index contributed by atoms with van der Waals surface area (Å²) in [6.07, 6.45) is -1.07. The SMILES string of the molecule is Cc1ccc2nc(C)cc(C(=O)OC(C)C(=O)Nc3sccc3C(N)=O)c2c1. The van der Waals surface area contributed by atoms with Crippen LogP contribution in [0.2, 0.25) is 0 Å². The number of pyridine rings is 1. The van der Waals surface area contributed by atoms with E-state index in [1.54, 1.807) is 18.4 Å². The van der Waals surface area contributed by atoms with Crippen molar-refractivity contribution < 1.29 is 19.1 Å². The molecule has 1 aromatic carbocycles. The maximum Gasteiger partial charge on any atom is 0.339 e. The van der Waals surface area contributed by atoms with E-state index in [-0.39, 0.29) is 5.56 Å². The lowest BCUT2D eigenvalue weighted by atomic mass is 10.1. The Morgan fingerprint density at radius 1 is 1.14 bits per heavy atom. The van der Waals surface area contributed by atoms with Gasteiger partial charge in [0.1, 0.15) is 5.00 Å². The summed E-state index contributed by atoms with van der Waals surface area (Å²) in [5.74, 6) is -1.81. The van der Waals surface area contributed by atoms with Crippen LogP contribution in [0.15, 0.2) is 35.7 Å². The number of carbonyl (C=O) groups excluding carboxylic acids is 3. The van der Waals surface area contributed by atoms with Crippen molar-refractivity contribution in [3.63, 3.8) is 0 Å². The lowest BCUT2D eigenvalue weighted by Crippen LogP contribution is -2.30. The van der Waals surface area contributed by atoms with Crippen LogP contribution >= 0.6 is 11.3 Å². The third-order valence-corrected chi connectivity index (χ3v) is 4.96. The van der Waals surface area contributed by atoms with E-state index in [1.165, 1.54) is 13.0 Å². The number of anilines is 1. The first-order valence-electron chi connectivity index (χ1n) is 8.53. The molecule has 3 rings (SSSR count). The van der Waals surface area contributed by atoms with Crippen LogP contribution in [-0.4, -0.2) is 28.9 Å². The predicted octanol–water partition coefficient (Wildman–Crippen LogP) is 3.20. The molecule has 3 aromatic rings. The van der Waals surface area contributed by atoms with Crippen molar-refractivity contribution in [1.82, 2.24) is 4.98 Å². The smallest absolute Gasteiger partial charge is 0.339 e. The third kappa shape index (κ3) is 4.01. The highest BCUT2D eigenvalue weighted by Gasteiger charge is 2.23. The number of nitrogens with one attached hydrogen (secondary N) is 1.